The van der Waals surface area contributed by atoms with Gasteiger partial charge in [-0.25, -0.2) is 15.0 Å². The van der Waals surface area contributed by atoms with Crippen molar-refractivity contribution in [3.8, 4) is 0 Å². The fraction of sp³-hybridized carbons (Fsp3) is 0.755. The molecule has 0 amide bonds. The summed E-state index contributed by atoms with van der Waals surface area (Å²) in [6.07, 6.45) is 3.60. The summed E-state index contributed by atoms with van der Waals surface area (Å²) in [7, 11) is 6.65. The number of imidazole rings is 1. The van der Waals surface area contributed by atoms with Crippen LogP contribution in [0.25, 0.3) is 11.2 Å². The van der Waals surface area contributed by atoms with Crippen LogP contribution >= 0.6 is 0 Å². The highest BCUT2D eigenvalue weighted by Crippen LogP contribution is 2.36. The summed E-state index contributed by atoms with van der Waals surface area (Å²) in [5, 5.41) is 37.9. The number of cyclic esters (lactones) is 1. The number of carbonyl (C=O) groups excluding carboxylic acids is 2. The minimum absolute atomic E-state index is 0.0617. The van der Waals surface area contributed by atoms with Gasteiger partial charge in [-0.1, -0.05) is 43.7 Å². The zero-order chi connectivity index (χ0) is 49.8. The van der Waals surface area contributed by atoms with Gasteiger partial charge in [-0.05, 0) is 72.0 Å². The van der Waals surface area contributed by atoms with Crippen LogP contribution < -0.4 is 0 Å². The first kappa shape index (κ1) is 54.5. The molecule has 2 bridgehead atoms. The molecule has 2 aromatic rings. The third kappa shape index (κ3) is 14.2. The third-order valence-electron chi connectivity index (χ3n) is 14.1. The van der Waals surface area contributed by atoms with Crippen LogP contribution in [-0.4, -0.2) is 192 Å². The largest absolute Gasteiger partial charge is 0.462 e. The molecule has 69 heavy (non-hydrogen) atoms. The Morgan fingerprint density at radius 1 is 0.971 bits per heavy atom. The Morgan fingerprint density at radius 3 is 2.49 bits per heavy atom. The number of likely N-dealkylation sites (N-methyl/N-ethyl adjacent to an activating group) is 1. The smallest absolute Gasteiger partial charge is 0.308 e. The third-order valence-corrected chi connectivity index (χ3v) is 14.1. The van der Waals surface area contributed by atoms with Crippen molar-refractivity contribution in [2.45, 2.75) is 153 Å². The molecule has 1 saturated carbocycles. The first-order valence-electron chi connectivity index (χ1n) is 24.4. The minimum atomic E-state index is -1.25. The van der Waals surface area contributed by atoms with Gasteiger partial charge in [-0.3, -0.25) is 9.59 Å². The molecule has 2 aromatic heterocycles. The number of ketones is 1. The summed E-state index contributed by atoms with van der Waals surface area (Å²) in [4.78, 5) is 48.7. The van der Waals surface area contributed by atoms with Gasteiger partial charge in [-0.15, -0.1) is 0 Å². The average Bonchev–Trinajstić information content (AvgIpc) is 3.74. The van der Waals surface area contributed by atoms with E-state index in [1.54, 1.807) is 57.7 Å². The average molecular weight is 973 g/mol. The molecular formula is C49H76N6O14. The van der Waals surface area contributed by atoms with Crippen LogP contribution in [0.15, 0.2) is 47.8 Å². The number of hydrogen-bond donors (Lipinski definition) is 3. The molecule has 386 valence electrons. The number of aliphatic hydroxyl groups excluding tert-OH is 3. The molecule has 6 rings (SSSR count). The van der Waals surface area contributed by atoms with Crippen LogP contribution in [-0.2, 0) is 58.9 Å². The standard InChI is InChI=1S/C49H76N6O14/c1-10-38-33(23-64-39-14-13-37(57)46(61-8)47(39)62-9)19-28(2)11-12-36(56)29(3)20-32-15-17-63-24-34(53-66-18-16-55-27-52-35-22-50-26-51-48(35)55)25-65-40(21-41(58)68-38)30(4)45(32)69-49-44(60)42(54(6)7)43(59)31(5)67-49/h11-12,19,22,26-27,29-33,37-40,42-47,49,57,59-60H,10,13-18,20-21,23-25H2,1-9H3/b12-11+,28-19+,53-34+/t29-,30+,31-,32?,33-,37-,38-,39-,40-,42+,43-,44-,45-,46-,47+,49+/m1/s1. The van der Waals surface area contributed by atoms with E-state index in [2.05, 4.69) is 20.1 Å². The number of oxime groups is 1. The van der Waals surface area contributed by atoms with Crippen molar-refractivity contribution in [1.82, 2.24) is 24.4 Å². The van der Waals surface area contributed by atoms with E-state index in [0.717, 1.165) is 5.57 Å². The van der Waals surface area contributed by atoms with Gasteiger partial charge < -0.3 is 67.5 Å². The fourth-order valence-corrected chi connectivity index (χ4v) is 10.1. The SMILES string of the molecule is CC[C@H]1OC(=O)C[C@H]2OC/C(=N/OCCn3cnc4cncnc43)COCCC(C[C@@H](C)C(=O)/C=C/C(C)=C/[C@@H]1CO[C@@H]1CC[C@@H](O)[C@@H](OC)[C@H]1OC)[C@H](O[C@@H]1O[C@H](C)[C@@H](O)[C@H](N(C)C)[C@H]1O)[C@H]2C. The van der Waals surface area contributed by atoms with Crippen LogP contribution in [0.5, 0.6) is 0 Å². The predicted octanol–water partition coefficient (Wildman–Crippen LogP) is 3.05. The van der Waals surface area contributed by atoms with E-state index in [4.69, 9.17) is 42.7 Å². The molecule has 4 aliphatic rings. The maximum atomic E-state index is 14.5. The Labute approximate surface area is 405 Å². The summed E-state index contributed by atoms with van der Waals surface area (Å²) in [5.74, 6) is -2.44. The Balaban J connectivity index is 1.31. The van der Waals surface area contributed by atoms with Gasteiger partial charge in [0.25, 0.3) is 0 Å². The van der Waals surface area contributed by atoms with E-state index < -0.39 is 97.1 Å². The monoisotopic (exact) mass is 973 g/mol. The van der Waals surface area contributed by atoms with Gasteiger partial charge in [0.05, 0.1) is 88.0 Å². The Morgan fingerprint density at radius 2 is 1.75 bits per heavy atom. The number of esters is 1. The van der Waals surface area contributed by atoms with Crippen molar-refractivity contribution in [3.63, 3.8) is 0 Å². The maximum absolute atomic E-state index is 14.5. The number of carbonyl (C=O) groups is 2. The number of methoxy groups -OCH3 is 2. The lowest BCUT2D eigenvalue weighted by Crippen LogP contribution is -2.63. The molecule has 20 nitrogen and oxygen atoms in total. The second-order valence-electron chi connectivity index (χ2n) is 19.2. The summed E-state index contributed by atoms with van der Waals surface area (Å²) in [6, 6.07) is -0.706. The van der Waals surface area contributed by atoms with Gasteiger partial charge in [0.1, 0.15) is 48.6 Å². The Hall–Kier alpha value is -3.80. The van der Waals surface area contributed by atoms with Crippen LogP contribution in [0, 0.1) is 23.7 Å². The Bertz CT molecular complexity index is 2030. The number of allylic oxidation sites excluding steroid dienone is 3. The van der Waals surface area contributed by atoms with Crippen molar-refractivity contribution >= 4 is 28.6 Å². The number of aromatic nitrogens is 4. The molecule has 16 atom stereocenters. The summed E-state index contributed by atoms with van der Waals surface area (Å²) >= 11 is 0. The molecule has 5 heterocycles. The normalized spacial score (nSPS) is 37.8. The number of rotatable bonds is 13. The van der Waals surface area contributed by atoms with E-state index in [0.29, 0.717) is 55.5 Å². The molecule has 3 N–H and O–H groups in total. The lowest BCUT2D eigenvalue weighted by molar-refractivity contribution is -0.305. The van der Waals surface area contributed by atoms with Crippen molar-refractivity contribution < 1.29 is 67.6 Å². The van der Waals surface area contributed by atoms with Crippen LogP contribution in [0.2, 0.25) is 0 Å². The highest BCUT2D eigenvalue weighted by molar-refractivity contribution is 5.91. The predicted molar refractivity (Wildman–Crippen MR) is 252 cm³/mol. The second kappa shape index (κ2) is 26.1. The quantitative estimate of drug-likeness (QED) is 0.149. The molecule has 20 heteroatoms. The molecule has 3 aliphatic heterocycles. The number of hydrogen-bond acceptors (Lipinski definition) is 19. The minimum Gasteiger partial charge on any atom is -0.462 e. The zero-order valence-corrected chi connectivity index (χ0v) is 41.7. The van der Waals surface area contributed by atoms with E-state index in [-0.39, 0.29) is 51.2 Å². The fourth-order valence-electron chi connectivity index (χ4n) is 10.1. The molecule has 2 saturated heterocycles. The zero-order valence-electron chi connectivity index (χ0n) is 41.7. The van der Waals surface area contributed by atoms with Gasteiger partial charge in [0, 0.05) is 38.6 Å². The van der Waals surface area contributed by atoms with E-state index in [9.17, 15) is 24.9 Å². The lowest BCUT2D eigenvalue weighted by Gasteiger charge is -2.47. The van der Waals surface area contributed by atoms with Crippen molar-refractivity contribution in [2.75, 3.05) is 61.3 Å². The first-order valence-corrected chi connectivity index (χ1v) is 24.4. The number of fused-ring (bicyclic) bond motifs is 4. The summed E-state index contributed by atoms with van der Waals surface area (Å²) in [5.41, 5.74) is 2.56. The van der Waals surface area contributed by atoms with Gasteiger partial charge >= 0.3 is 5.97 Å². The van der Waals surface area contributed by atoms with Crippen LogP contribution in [0.4, 0.5) is 0 Å². The van der Waals surface area contributed by atoms with Gasteiger partial charge in [0.2, 0.25) is 0 Å². The summed E-state index contributed by atoms with van der Waals surface area (Å²) < 4.78 is 52.2. The molecule has 1 aliphatic carbocycles. The molecule has 0 radical (unpaired) electrons. The van der Waals surface area contributed by atoms with Gasteiger partial charge in [0.15, 0.2) is 17.7 Å². The first-order chi connectivity index (χ1) is 33.1. The number of nitrogens with zero attached hydrogens (tertiary/aromatic N) is 6. The van der Waals surface area contributed by atoms with Crippen LogP contribution in [0.3, 0.4) is 0 Å². The molecule has 0 aromatic carbocycles. The van der Waals surface area contributed by atoms with Crippen LogP contribution in [0.1, 0.15) is 73.1 Å². The molecule has 1 unspecified atom stereocenters. The van der Waals surface area contributed by atoms with Crippen molar-refractivity contribution in [3.05, 3.63) is 42.7 Å². The highest BCUT2D eigenvalue weighted by atomic mass is 16.7. The number of ether oxygens (including phenoxy) is 8. The van der Waals surface area contributed by atoms with E-state index in [1.807, 2.05) is 38.3 Å². The van der Waals surface area contributed by atoms with E-state index >= 15 is 0 Å². The highest BCUT2D eigenvalue weighted by Gasteiger charge is 2.48. The Kier molecular flexibility index (Phi) is 20.6. The van der Waals surface area contributed by atoms with Crippen molar-refractivity contribution in [1.29, 1.82) is 0 Å². The maximum Gasteiger partial charge on any atom is 0.308 e. The number of aliphatic hydroxyl groups is 3. The topological polar surface area (TPSA) is 237 Å². The molecule has 0 spiro atoms. The summed E-state index contributed by atoms with van der Waals surface area (Å²) in [6.45, 7) is 10.4. The van der Waals surface area contributed by atoms with Crippen molar-refractivity contribution in [2.24, 2.45) is 28.8 Å². The van der Waals surface area contributed by atoms with E-state index in [1.165, 1.54) is 13.4 Å². The van der Waals surface area contributed by atoms with Gasteiger partial charge in [-0.2, -0.15) is 0 Å². The molecule has 3 fully saturated rings. The molecular weight excluding hydrogens is 897 g/mol. The lowest BCUT2D eigenvalue weighted by atomic mass is 9.79. The second-order valence-corrected chi connectivity index (χ2v) is 19.2.